The Morgan fingerprint density at radius 2 is 2.15 bits per heavy atom. The summed E-state index contributed by atoms with van der Waals surface area (Å²) in [6.45, 7) is 7.79. The zero-order valence-electron chi connectivity index (χ0n) is 16.2. The lowest BCUT2D eigenvalue weighted by molar-refractivity contribution is 0.0119. The first kappa shape index (κ1) is 19.4. The van der Waals surface area contributed by atoms with Crippen LogP contribution in [0.15, 0.2) is 27.1 Å². The Bertz CT molecular complexity index is 736. The van der Waals surface area contributed by atoms with Crippen LogP contribution in [-0.2, 0) is 17.7 Å². The van der Waals surface area contributed by atoms with Crippen LogP contribution < -0.4 is 5.32 Å². The van der Waals surface area contributed by atoms with E-state index in [1.165, 1.54) is 0 Å². The fraction of sp³-hybridized carbons (Fsp3) is 0.579. The van der Waals surface area contributed by atoms with Gasteiger partial charge in [-0.2, -0.15) is 0 Å². The van der Waals surface area contributed by atoms with Crippen molar-refractivity contribution in [3.05, 3.63) is 41.2 Å². The molecule has 0 unspecified atom stereocenters. The third-order valence-electron chi connectivity index (χ3n) is 4.73. The number of carbonyl (C=O) groups is 1. The lowest BCUT2D eigenvalue weighted by atomic mass is 10.1. The number of morpholine rings is 1. The monoisotopic (exact) mass is 376 g/mol. The highest BCUT2D eigenvalue weighted by Crippen LogP contribution is 2.23. The van der Waals surface area contributed by atoms with Gasteiger partial charge in [-0.3, -0.25) is 4.90 Å². The van der Waals surface area contributed by atoms with E-state index in [-0.39, 0.29) is 12.1 Å². The zero-order chi connectivity index (χ0) is 19.2. The second-order valence-electron chi connectivity index (χ2n) is 6.79. The van der Waals surface area contributed by atoms with Crippen molar-refractivity contribution in [2.75, 3.05) is 39.9 Å². The largest absolute Gasteiger partial charge is 0.465 e. The number of aryl methyl sites for hydroxylation is 2. The normalized spacial score (nSPS) is 16.3. The number of nitrogens with zero attached hydrogens (tertiary/aromatic N) is 3. The lowest BCUT2D eigenvalue weighted by Gasteiger charge is -2.33. The Morgan fingerprint density at radius 1 is 1.37 bits per heavy atom. The molecule has 0 aliphatic carbocycles. The first-order valence-electron chi connectivity index (χ1n) is 9.38. The van der Waals surface area contributed by atoms with Crippen LogP contribution in [0, 0.1) is 6.92 Å². The van der Waals surface area contributed by atoms with Crippen LogP contribution in [0.4, 0.5) is 4.79 Å². The molecule has 8 nitrogen and oxygen atoms in total. The molecule has 1 saturated heterocycles. The van der Waals surface area contributed by atoms with Crippen molar-refractivity contribution in [1.82, 2.24) is 20.3 Å². The number of nitrogens with one attached hydrogen (secondary N) is 1. The summed E-state index contributed by atoms with van der Waals surface area (Å²) in [5.41, 5.74) is 0.888. The summed E-state index contributed by atoms with van der Waals surface area (Å²) < 4.78 is 16.5. The van der Waals surface area contributed by atoms with E-state index in [1.54, 1.807) is 11.9 Å². The highest BCUT2D eigenvalue weighted by atomic mass is 16.5. The third-order valence-corrected chi connectivity index (χ3v) is 4.73. The predicted molar refractivity (Wildman–Crippen MR) is 99.3 cm³/mol. The van der Waals surface area contributed by atoms with E-state index in [0.717, 1.165) is 36.7 Å². The van der Waals surface area contributed by atoms with Gasteiger partial charge in [0.25, 0.3) is 0 Å². The number of ether oxygens (including phenoxy) is 1. The molecule has 3 rings (SSSR count). The standard InChI is InChI=1S/C19H28N4O4/c1-4-15-11-16(27-21-15)13-22(3)19(24)20-12-17(18-6-5-14(2)26-18)23-7-9-25-10-8-23/h5-6,11,17H,4,7-10,12-13H2,1-3H3,(H,20,24)/t17-/m0/s1. The Morgan fingerprint density at radius 3 is 2.78 bits per heavy atom. The first-order chi connectivity index (χ1) is 13.1. The van der Waals surface area contributed by atoms with Crippen molar-refractivity contribution in [2.45, 2.75) is 32.9 Å². The molecule has 0 spiro atoms. The second-order valence-corrected chi connectivity index (χ2v) is 6.79. The van der Waals surface area contributed by atoms with Gasteiger partial charge in [0, 0.05) is 32.7 Å². The number of carbonyl (C=O) groups excluding carboxylic acids is 1. The van der Waals surface area contributed by atoms with Crippen LogP contribution in [-0.4, -0.2) is 60.9 Å². The number of urea groups is 1. The van der Waals surface area contributed by atoms with Gasteiger partial charge in [0.2, 0.25) is 0 Å². The first-order valence-corrected chi connectivity index (χ1v) is 9.38. The maximum Gasteiger partial charge on any atom is 0.317 e. The van der Waals surface area contributed by atoms with E-state index in [1.807, 2.05) is 32.0 Å². The molecule has 1 aliphatic rings. The van der Waals surface area contributed by atoms with E-state index in [4.69, 9.17) is 13.7 Å². The molecule has 0 radical (unpaired) electrons. The van der Waals surface area contributed by atoms with Crippen molar-refractivity contribution in [2.24, 2.45) is 0 Å². The number of aromatic nitrogens is 1. The molecule has 2 aromatic rings. The number of furan rings is 1. The molecule has 1 aliphatic heterocycles. The predicted octanol–water partition coefficient (Wildman–Crippen LogP) is 2.35. The summed E-state index contributed by atoms with van der Waals surface area (Å²) in [6, 6.07) is 5.63. The highest BCUT2D eigenvalue weighted by Gasteiger charge is 2.26. The average molecular weight is 376 g/mol. The average Bonchev–Trinajstić information content (AvgIpc) is 3.31. The van der Waals surface area contributed by atoms with Crippen LogP contribution in [0.5, 0.6) is 0 Å². The Labute approximate surface area is 159 Å². The minimum Gasteiger partial charge on any atom is -0.465 e. The van der Waals surface area contributed by atoms with Crippen molar-refractivity contribution in [3.63, 3.8) is 0 Å². The van der Waals surface area contributed by atoms with E-state index in [9.17, 15) is 4.79 Å². The smallest absolute Gasteiger partial charge is 0.317 e. The van der Waals surface area contributed by atoms with Gasteiger partial charge in [-0.25, -0.2) is 4.79 Å². The summed E-state index contributed by atoms with van der Waals surface area (Å²) in [6.07, 6.45) is 0.809. The number of rotatable bonds is 7. The van der Waals surface area contributed by atoms with E-state index in [0.29, 0.717) is 32.1 Å². The molecule has 27 heavy (non-hydrogen) atoms. The Kier molecular flexibility index (Phi) is 6.52. The van der Waals surface area contributed by atoms with Crippen molar-refractivity contribution >= 4 is 6.03 Å². The topological polar surface area (TPSA) is 84.0 Å². The number of amides is 2. The highest BCUT2D eigenvalue weighted by molar-refractivity contribution is 5.73. The van der Waals surface area contributed by atoms with Gasteiger partial charge in [-0.1, -0.05) is 12.1 Å². The van der Waals surface area contributed by atoms with Gasteiger partial charge < -0.3 is 23.9 Å². The summed E-state index contributed by atoms with van der Waals surface area (Å²) in [4.78, 5) is 16.4. The summed E-state index contributed by atoms with van der Waals surface area (Å²) in [5.74, 6) is 2.40. The van der Waals surface area contributed by atoms with Crippen molar-refractivity contribution in [3.8, 4) is 0 Å². The minimum absolute atomic E-state index is 0.0167. The molecule has 1 N–H and O–H groups in total. The van der Waals surface area contributed by atoms with E-state index >= 15 is 0 Å². The Hall–Kier alpha value is -2.32. The molecular formula is C19H28N4O4. The molecule has 0 saturated carbocycles. The minimum atomic E-state index is -0.161. The van der Waals surface area contributed by atoms with Crippen LogP contribution in [0.1, 0.15) is 35.9 Å². The maximum absolute atomic E-state index is 12.5. The summed E-state index contributed by atoms with van der Waals surface area (Å²) >= 11 is 0. The maximum atomic E-state index is 12.5. The van der Waals surface area contributed by atoms with Crippen LogP contribution in [0.25, 0.3) is 0 Å². The molecule has 0 aromatic carbocycles. The van der Waals surface area contributed by atoms with E-state index < -0.39 is 0 Å². The van der Waals surface area contributed by atoms with Crippen molar-refractivity contribution in [1.29, 1.82) is 0 Å². The molecule has 2 amide bonds. The molecule has 0 bridgehead atoms. The zero-order valence-corrected chi connectivity index (χ0v) is 16.2. The second kappa shape index (κ2) is 9.05. The van der Waals surface area contributed by atoms with Gasteiger partial charge in [0.1, 0.15) is 11.5 Å². The molecule has 1 atom stereocenters. The fourth-order valence-corrected chi connectivity index (χ4v) is 3.15. The summed E-state index contributed by atoms with van der Waals surface area (Å²) in [7, 11) is 1.74. The number of hydrogen-bond acceptors (Lipinski definition) is 6. The van der Waals surface area contributed by atoms with E-state index in [2.05, 4.69) is 15.4 Å². The molecular weight excluding hydrogens is 348 g/mol. The van der Waals surface area contributed by atoms with Gasteiger partial charge in [0.15, 0.2) is 5.76 Å². The van der Waals surface area contributed by atoms with Crippen molar-refractivity contribution < 1.29 is 18.5 Å². The summed E-state index contributed by atoms with van der Waals surface area (Å²) in [5, 5.41) is 6.97. The molecule has 8 heteroatoms. The number of hydrogen-bond donors (Lipinski definition) is 1. The van der Waals surface area contributed by atoms with Gasteiger partial charge in [-0.15, -0.1) is 0 Å². The van der Waals surface area contributed by atoms with Crippen LogP contribution in [0.2, 0.25) is 0 Å². The third kappa shape index (κ3) is 5.11. The molecule has 3 heterocycles. The van der Waals surface area contributed by atoms with Crippen LogP contribution >= 0.6 is 0 Å². The molecule has 2 aromatic heterocycles. The fourth-order valence-electron chi connectivity index (χ4n) is 3.15. The van der Waals surface area contributed by atoms with Gasteiger partial charge >= 0.3 is 6.03 Å². The quantitative estimate of drug-likeness (QED) is 0.799. The van der Waals surface area contributed by atoms with Gasteiger partial charge in [0.05, 0.1) is 31.5 Å². The SMILES string of the molecule is CCc1cc(CN(C)C(=O)NC[C@@H](c2ccc(C)o2)N2CCOCC2)on1. The Balaban J connectivity index is 1.59. The van der Waals surface area contributed by atoms with Crippen LogP contribution in [0.3, 0.4) is 0 Å². The molecule has 148 valence electrons. The lowest BCUT2D eigenvalue weighted by Crippen LogP contribution is -2.45. The molecule has 1 fully saturated rings. The van der Waals surface area contributed by atoms with Gasteiger partial charge in [-0.05, 0) is 25.5 Å².